The van der Waals surface area contributed by atoms with E-state index in [9.17, 15) is 13.6 Å². The second kappa shape index (κ2) is 5.08. The number of rotatable bonds is 4. The van der Waals surface area contributed by atoms with Crippen LogP contribution in [0.5, 0.6) is 0 Å². The lowest BCUT2D eigenvalue weighted by Crippen LogP contribution is -2.05. The predicted molar refractivity (Wildman–Crippen MR) is 62.3 cm³/mol. The van der Waals surface area contributed by atoms with E-state index in [2.05, 4.69) is 5.10 Å². The quantitative estimate of drug-likeness (QED) is 0.782. The van der Waals surface area contributed by atoms with Crippen LogP contribution >= 0.6 is 0 Å². The molecule has 0 amide bonds. The molecule has 1 aromatic carbocycles. The Morgan fingerprint density at radius 1 is 1.33 bits per heavy atom. The Kier molecular flexibility index (Phi) is 3.50. The van der Waals surface area contributed by atoms with Gasteiger partial charge in [0, 0.05) is 18.2 Å². The smallest absolute Gasteiger partial charge is 0.165 e. The zero-order valence-corrected chi connectivity index (χ0v) is 9.86. The first kappa shape index (κ1) is 12.4. The van der Waals surface area contributed by atoms with Crippen molar-refractivity contribution in [1.82, 2.24) is 9.78 Å². The van der Waals surface area contributed by atoms with Crippen molar-refractivity contribution in [2.24, 2.45) is 0 Å². The van der Waals surface area contributed by atoms with Crippen LogP contribution in [-0.2, 0) is 6.54 Å². The first-order valence-corrected chi connectivity index (χ1v) is 5.60. The fourth-order valence-corrected chi connectivity index (χ4v) is 1.64. The molecule has 0 spiro atoms. The maximum Gasteiger partial charge on any atom is 0.165 e. The highest BCUT2D eigenvalue weighted by molar-refractivity contribution is 5.95. The lowest BCUT2D eigenvalue weighted by Gasteiger charge is -2.04. The van der Waals surface area contributed by atoms with Gasteiger partial charge in [-0.25, -0.2) is 8.78 Å². The average Bonchev–Trinajstić information content (AvgIpc) is 2.81. The number of benzene rings is 1. The topological polar surface area (TPSA) is 34.9 Å². The molecule has 18 heavy (non-hydrogen) atoms. The standard InChI is InChI=1S/C13H12F2N2O/c1-2-13(18)9-6-16-17(7-9)8-10-11(14)4-3-5-12(10)15/h3-7H,2,8H2,1H3. The Labute approximate surface area is 103 Å². The number of aromatic nitrogens is 2. The number of carbonyl (C=O) groups is 1. The van der Waals surface area contributed by atoms with Crippen molar-refractivity contribution in [3.05, 3.63) is 53.4 Å². The van der Waals surface area contributed by atoms with Gasteiger partial charge in [-0.3, -0.25) is 9.48 Å². The van der Waals surface area contributed by atoms with E-state index in [1.807, 2.05) is 0 Å². The molecule has 0 aliphatic heterocycles. The molecule has 1 aromatic heterocycles. The van der Waals surface area contributed by atoms with E-state index in [-0.39, 0.29) is 17.9 Å². The maximum atomic E-state index is 13.4. The van der Waals surface area contributed by atoms with Crippen molar-refractivity contribution in [3.8, 4) is 0 Å². The minimum absolute atomic E-state index is 0.0322. The van der Waals surface area contributed by atoms with Gasteiger partial charge in [-0.1, -0.05) is 13.0 Å². The number of halogens is 2. The van der Waals surface area contributed by atoms with Gasteiger partial charge in [-0.15, -0.1) is 0 Å². The van der Waals surface area contributed by atoms with Crippen molar-refractivity contribution in [2.45, 2.75) is 19.9 Å². The Balaban J connectivity index is 2.24. The Bertz CT molecular complexity index is 558. The fourth-order valence-electron chi connectivity index (χ4n) is 1.64. The second-order valence-corrected chi connectivity index (χ2v) is 3.90. The van der Waals surface area contributed by atoms with E-state index < -0.39 is 11.6 Å². The van der Waals surface area contributed by atoms with Crippen molar-refractivity contribution in [1.29, 1.82) is 0 Å². The lowest BCUT2D eigenvalue weighted by molar-refractivity contribution is 0.0988. The highest BCUT2D eigenvalue weighted by Gasteiger charge is 2.11. The molecule has 94 valence electrons. The summed E-state index contributed by atoms with van der Waals surface area (Å²) in [7, 11) is 0. The Morgan fingerprint density at radius 3 is 2.61 bits per heavy atom. The molecule has 5 heteroatoms. The zero-order chi connectivity index (χ0) is 13.1. The van der Waals surface area contributed by atoms with Gasteiger partial charge in [0.05, 0.1) is 18.3 Å². The van der Waals surface area contributed by atoms with Crippen LogP contribution in [0.2, 0.25) is 0 Å². The van der Waals surface area contributed by atoms with Gasteiger partial charge in [0.2, 0.25) is 0 Å². The zero-order valence-electron chi connectivity index (χ0n) is 9.86. The third-order valence-corrected chi connectivity index (χ3v) is 2.66. The summed E-state index contributed by atoms with van der Waals surface area (Å²) in [5.74, 6) is -1.28. The number of nitrogens with zero attached hydrogens (tertiary/aromatic N) is 2. The van der Waals surface area contributed by atoms with E-state index in [1.54, 1.807) is 6.92 Å². The van der Waals surface area contributed by atoms with Gasteiger partial charge in [0.1, 0.15) is 11.6 Å². The van der Waals surface area contributed by atoms with E-state index in [0.29, 0.717) is 12.0 Å². The molecule has 0 aliphatic carbocycles. The SMILES string of the molecule is CCC(=O)c1cnn(Cc2c(F)cccc2F)c1. The number of hydrogen-bond donors (Lipinski definition) is 0. The summed E-state index contributed by atoms with van der Waals surface area (Å²) < 4.78 is 28.2. The van der Waals surface area contributed by atoms with Crippen molar-refractivity contribution < 1.29 is 13.6 Å². The molecule has 2 aromatic rings. The van der Waals surface area contributed by atoms with Crippen LogP contribution in [0.15, 0.2) is 30.6 Å². The number of Topliss-reactive ketones (excluding diaryl/α,β-unsaturated/α-hetero) is 1. The molecule has 2 rings (SSSR count). The normalized spacial score (nSPS) is 10.6. The number of carbonyl (C=O) groups excluding carboxylic acids is 1. The largest absolute Gasteiger partial charge is 0.294 e. The first-order valence-electron chi connectivity index (χ1n) is 5.60. The molecule has 0 radical (unpaired) electrons. The minimum atomic E-state index is -0.617. The van der Waals surface area contributed by atoms with Crippen LogP contribution < -0.4 is 0 Å². The van der Waals surface area contributed by atoms with Crippen LogP contribution in [0.3, 0.4) is 0 Å². The van der Waals surface area contributed by atoms with E-state index in [1.165, 1.54) is 35.3 Å². The molecule has 0 N–H and O–H groups in total. The number of ketones is 1. The Morgan fingerprint density at radius 2 is 2.00 bits per heavy atom. The molecule has 0 fully saturated rings. The summed E-state index contributed by atoms with van der Waals surface area (Å²) in [6, 6.07) is 3.70. The van der Waals surface area contributed by atoms with Crippen molar-refractivity contribution in [3.63, 3.8) is 0 Å². The third kappa shape index (κ3) is 2.45. The molecule has 1 heterocycles. The van der Waals surface area contributed by atoms with Gasteiger partial charge in [-0.2, -0.15) is 5.10 Å². The summed E-state index contributed by atoms with van der Waals surface area (Å²) >= 11 is 0. The summed E-state index contributed by atoms with van der Waals surface area (Å²) in [5, 5.41) is 3.93. The van der Waals surface area contributed by atoms with Crippen LogP contribution in [0.4, 0.5) is 8.78 Å². The van der Waals surface area contributed by atoms with E-state index in [0.717, 1.165) is 0 Å². The molecule has 0 bridgehead atoms. The van der Waals surface area contributed by atoms with Crippen molar-refractivity contribution >= 4 is 5.78 Å². The van der Waals surface area contributed by atoms with Crippen LogP contribution in [0.1, 0.15) is 29.3 Å². The lowest BCUT2D eigenvalue weighted by atomic mass is 10.2. The molecule has 0 unspecified atom stereocenters. The second-order valence-electron chi connectivity index (χ2n) is 3.90. The molecule has 0 aliphatic rings. The van der Waals surface area contributed by atoms with E-state index in [4.69, 9.17) is 0 Å². The minimum Gasteiger partial charge on any atom is -0.294 e. The van der Waals surface area contributed by atoms with Gasteiger partial charge in [0.25, 0.3) is 0 Å². The predicted octanol–water partition coefficient (Wildman–Crippen LogP) is 2.80. The average molecular weight is 250 g/mol. The highest BCUT2D eigenvalue weighted by Crippen LogP contribution is 2.14. The van der Waals surface area contributed by atoms with Gasteiger partial charge in [-0.05, 0) is 12.1 Å². The van der Waals surface area contributed by atoms with Crippen LogP contribution in [-0.4, -0.2) is 15.6 Å². The monoisotopic (exact) mass is 250 g/mol. The van der Waals surface area contributed by atoms with Crippen molar-refractivity contribution in [2.75, 3.05) is 0 Å². The molecule has 0 atom stereocenters. The summed E-state index contributed by atoms with van der Waals surface area (Å²) in [6.07, 6.45) is 3.28. The molecule has 0 saturated carbocycles. The maximum absolute atomic E-state index is 13.4. The molecular formula is C13H12F2N2O. The number of hydrogen-bond acceptors (Lipinski definition) is 2. The summed E-state index contributed by atoms with van der Waals surface area (Å²) in [4.78, 5) is 11.4. The van der Waals surface area contributed by atoms with Crippen LogP contribution in [0, 0.1) is 11.6 Å². The van der Waals surface area contributed by atoms with E-state index >= 15 is 0 Å². The molecular weight excluding hydrogens is 238 g/mol. The third-order valence-electron chi connectivity index (χ3n) is 2.66. The van der Waals surface area contributed by atoms with Gasteiger partial charge in [0.15, 0.2) is 5.78 Å². The first-order chi connectivity index (χ1) is 8.61. The molecule has 3 nitrogen and oxygen atoms in total. The fraction of sp³-hybridized carbons (Fsp3) is 0.231. The van der Waals surface area contributed by atoms with Crippen LogP contribution in [0.25, 0.3) is 0 Å². The Hall–Kier alpha value is -2.04. The summed E-state index contributed by atoms with van der Waals surface area (Å²) in [6.45, 7) is 1.71. The summed E-state index contributed by atoms with van der Waals surface area (Å²) in [5.41, 5.74) is 0.394. The van der Waals surface area contributed by atoms with Gasteiger partial charge < -0.3 is 0 Å². The van der Waals surface area contributed by atoms with Gasteiger partial charge >= 0.3 is 0 Å². The highest BCUT2D eigenvalue weighted by atomic mass is 19.1. The molecule has 0 saturated heterocycles.